The van der Waals surface area contributed by atoms with Crippen LogP contribution in [0.2, 0.25) is 10.0 Å². The molecule has 3 rings (SSSR count). The lowest BCUT2D eigenvalue weighted by Gasteiger charge is -2.10. The summed E-state index contributed by atoms with van der Waals surface area (Å²) in [5, 5.41) is 0.739. The zero-order chi connectivity index (χ0) is 20.5. The number of ether oxygens (including phenoxy) is 1. The van der Waals surface area contributed by atoms with Crippen LogP contribution in [0, 0.1) is 6.92 Å². The number of nitrogens with one attached hydrogen (secondary N) is 1. The molecule has 0 aliphatic rings. The Morgan fingerprint density at radius 2 is 1.93 bits per heavy atom. The molecular formula is C19H17Cl2NO5S. The van der Waals surface area contributed by atoms with Crippen molar-refractivity contribution in [3.8, 4) is 0 Å². The number of sulfonamides is 1. The fourth-order valence-electron chi connectivity index (χ4n) is 2.70. The third-order valence-corrected chi connectivity index (χ3v) is 6.04. The van der Waals surface area contributed by atoms with E-state index in [0.29, 0.717) is 23.2 Å². The second-order valence-electron chi connectivity index (χ2n) is 6.06. The van der Waals surface area contributed by atoms with Gasteiger partial charge in [0.05, 0.1) is 11.6 Å². The van der Waals surface area contributed by atoms with Crippen molar-refractivity contribution in [2.24, 2.45) is 0 Å². The highest BCUT2D eigenvalue weighted by Crippen LogP contribution is 2.31. The Bertz CT molecular complexity index is 1150. The number of rotatable bonds is 6. The van der Waals surface area contributed by atoms with Crippen LogP contribution in [0.1, 0.15) is 29.5 Å². The number of hydrogen-bond donors (Lipinski definition) is 1. The molecule has 1 N–H and O–H groups in total. The number of carbonyl (C=O) groups excluding carboxylic acids is 1. The lowest BCUT2D eigenvalue weighted by atomic mass is 10.1. The Morgan fingerprint density at radius 3 is 2.64 bits per heavy atom. The molecule has 1 aromatic heterocycles. The Kier molecular flexibility index (Phi) is 5.88. The van der Waals surface area contributed by atoms with Crippen LogP contribution in [0.25, 0.3) is 11.0 Å². The summed E-state index contributed by atoms with van der Waals surface area (Å²) in [6.07, 6.45) is 0.687. The molecule has 0 bridgehead atoms. The number of carbonyl (C=O) groups is 1. The molecule has 0 saturated heterocycles. The molecule has 6 nitrogen and oxygen atoms in total. The minimum atomic E-state index is -3.99. The summed E-state index contributed by atoms with van der Waals surface area (Å²) >= 11 is 11.9. The minimum Gasteiger partial charge on any atom is -0.462 e. The van der Waals surface area contributed by atoms with E-state index in [2.05, 4.69) is 4.72 Å². The van der Waals surface area contributed by atoms with Crippen molar-refractivity contribution in [3.05, 3.63) is 57.8 Å². The molecule has 3 aromatic rings. The van der Waals surface area contributed by atoms with E-state index in [0.717, 1.165) is 0 Å². The predicted octanol–water partition coefficient (Wildman–Crippen LogP) is 5.42. The average molecular weight is 442 g/mol. The Hall–Kier alpha value is -2.22. The molecule has 0 atom stereocenters. The van der Waals surface area contributed by atoms with E-state index in [-0.39, 0.29) is 32.8 Å². The Balaban J connectivity index is 2.00. The van der Waals surface area contributed by atoms with Gasteiger partial charge in [0, 0.05) is 16.1 Å². The lowest BCUT2D eigenvalue weighted by molar-refractivity contribution is 0.0505. The summed E-state index contributed by atoms with van der Waals surface area (Å²) in [5.41, 5.74) is 0.962. The molecule has 0 saturated carbocycles. The second kappa shape index (κ2) is 8.03. The molecule has 0 radical (unpaired) electrons. The molecule has 1 heterocycles. The van der Waals surface area contributed by atoms with Crippen LogP contribution < -0.4 is 4.72 Å². The average Bonchev–Trinajstić information content (AvgIpc) is 2.96. The monoisotopic (exact) mass is 441 g/mol. The first kappa shape index (κ1) is 20.5. The van der Waals surface area contributed by atoms with Crippen LogP contribution in [-0.2, 0) is 14.8 Å². The number of aryl methyl sites for hydroxylation is 1. The van der Waals surface area contributed by atoms with Crippen LogP contribution in [0.5, 0.6) is 0 Å². The van der Waals surface area contributed by atoms with Crippen LogP contribution in [-0.4, -0.2) is 21.0 Å². The summed E-state index contributed by atoms with van der Waals surface area (Å²) in [4.78, 5) is 12.2. The summed E-state index contributed by atoms with van der Waals surface area (Å²) in [6.45, 7) is 3.82. The van der Waals surface area contributed by atoms with Gasteiger partial charge < -0.3 is 9.15 Å². The molecule has 0 fully saturated rings. The highest BCUT2D eigenvalue weighted by molar-refractivity contribution is 7.92. The van der Waals surface area contributed by atoms with Gasteiger partial charge in [-0.25, -0.2) is 13.2 Å². The molecule has 0 amide bonds. The topological polar surface area (TPSA) is 85.6 Å². The van der Waals surface area contributed by atoms with E-state index in [1.165, 1.54) is 30.3 Å². The van der Waals surface area contributed by atoms with Crippen LogP contribution >= 0.6 is 23.2 Å². The number of benzene rings is 2. The van der Waals surface area contributed by atoms with Crippen molar-refractivity contribution in [2.45, 2.75) is 25.2 Å². The van der Waals surface area contributed by atoms with Gasteiger partial charge in [0.15, 0.2) is 0 Å². The Labute approximate surface area is 172 Å². The molecule has 0 aliphatic carbocycles. The smallest absolute Gasteiger partial charge is 0.342 e. The van der Waals surface area contributed by atoms with Crippen molar-refractivity contribution >= 4 is 55.9 Å². The van der Waals surface area contributed by atoms with Gasteiger partial charge in [-0.1, -0.05) is 30.1 Å². The van der Waals surface area contributed by atoms with E-state index < -0.39 is 16.0 Å². The number of esters is 1. The van der Waals surface area contributed by atoms with Gasteiger partial charge in [-0.3, -0.25) is 4.72 Å². The van der Waals surface area contributed by atoms with E-state index >= 15 is 0 Å². The summed E-state index contributed by atoms with van der Waals surface area (Å²) in [5.74, 6) is -0.120. The SMILES string of the molecule is CCCOC(=O)c1c(C)oc2ccc(NS(=O)(=O)c3cc(Cl)ccc3Cl)cc12. The molecule has 0 spiro atoms. The molecule has 148 valence electrons. The lowest BCUT2D eigenvalue weighted by Crippen LogP contribution is -2.13. The summed E-state index contributed by atoms with van der Waals surface area (Å²) in [7, 11) is -3.99. The highest BCUT2D eigenvalue weighted by atomic mass is 35.5. The largest absolute Gasteiger partial charge is 0.462 e. The minimum absolute atomic E-state index is 0.0426. The highest BCUT2D eigenvalue weighted by Gasteiger charge is 2.22. The quantitative estimate of drug-likeness (QED) is 0.516. The maximum Gasteiger partial charge on any atom is 0.342 e. The van der Waals surface area contributed by atoms with Crippen molar-refractivity contribution in [2.75, 3.05) is 11.3 Å². The number of anilines is 1. The van der Waals surface area contributed by atoms with E-state index in [9.17, 15) is 13.2 Å². The van der Waals surface area contributed by atoms with Crippen LogP contribution in [0.4, 0.5) is 5.69 Å². The fraction of sp³-hybridized carbons (Fsp3) is 0.211. The first-order valence-corrected chi connectivity index (χ1v) is 10.6. The van der Waals surface area contributed by atoms with Gasteiger partial charge in [0.2, 0.25) is 0 Å². The van der Waals surface area contributed by atoms with E-state index in [4.69, 9.17) is 32.4 Å². The Morgan fingerprint density at radius 1 is 1.18 bits per heavy atom. The normalized spacial score (nSPS) is 11.6. The van der Waals surface area contributed by atoms with Gasteiger partial charge in [-0.2, -0.15) is 0 Å². The molecule has 0 unspecified atom stereocenters. The zero-order valence-electron chi connectivity index (χ0n) is 15.1. The van der Waals surface area contributed by atoms with Gasteiger partial charge >= 0.3 is 5.97 Å². The van der Waals surface area contributed by atoms with Gasteiger partial charge in [-0.15, -0.1) is 0 Å². The summed E-state index contributed by atoms with van der Waals surface area (Å²) in [6, 6.07) is 8.80. The molecule has 28 heavy (non-hydrogen) atoms. The van der Waals surface area contributed by atoms with E-state index in [1.807, 2.05) is 6.92 Å². The summed E-state index contributed by atoms with van der Waals surface area (Å²) < 4.78 is 38.6. The number of halogens is 2. The van der Waals surface area contributed by atoms with Gasteiger partial charge in [0.1, 0.15) is 21.8 Å². The molecule has 0 aliphatic heterocycles. The van der Waals surface area contributed by atoms with Crippen molar-refractivity contribution in [1.82, 2.24) is 0 Å². The van der Waals surface area contributed by atoms with Gasteiger partial charge in [-0.05, 0) is 49.7 Å². The second-order valence-corrected chi connectivity index (χ2v) is 8.55. The first-order chi connectivity index (χ1) is 13.2. The third-order valence-electron chi connectivity index (χ3n) is 3.94. The maximum absolute atomic E-state index is 12.7. The third kappa shape index (κ3) is 4.11. The van der Waals surface area contributed by atoms with E-state index in [1.54, 1.807) is 13.0 Å². The molecular weight excluding hydrogens is 425 g/mol. The van der Waals surface area contributed by atoms with Crippen molar-refractivity contribution in [3.63, 3.8) is 0 Å². The van der Waals surface area contributed by atoms with Crippen molar-refractivity contribution < 1.29 is 22.4 Å². The molecule has 9 heteroatoms. The predicted molar refractivity (Wildman–Crippen MR) is 109 cm³/mol. The number of furan rings is 1. The maximum atomic E-state index is 12.7. The number of fused-ring (bicyclic) bond motifs is 1. The number of hydrogen-bond acceptors (Lipinski definition) is 5. The molecule has 2 aromatic carbocycles. The van der Waals surface area contributed by atoms with Crippen molar-refractivity contribution in [1.29, 1.82) is 0 Å². The van der Waals surface area contributed by atoms with Crippen LogP contribution in [0.15, 0.2) is 45.7 Å². The van der Waals surface area contributed by atoms with Crippen LogP contribution in [0.3, 0.4) is 0 Å². The first-order valence-electron chi connectivity index (χ1n) is 8.41. The fourth-order valence-corrected chi connectivity index (χ4v) is 4.51. The standard InChI is InChI=1S/C19H17Cl2NO5S/c1-3-8-26-19(23)18-11(2)27-16-7-5-13(10-14(16)18)22-28(24,25)17-9-12(20)4-6-15(17)21/h4-7,9-10,22H,3,8H2,1-2H3. The zero-order valence-corrected chi connectivity index (χ0v) is 17.4. The van der Waals surface area contributed by atoms with Gasteiger partial charge in [0.25, 0.3) is 10.0 Å².